The van der Waals surface area contributed by atoms with Crippen molar-refractivity contribution >= 4 is 46.6 Å². The van der Waals surface area contributed by atoms with E-state index in [-0.39, 0.29) is 31.4 Å². The van der Waals surface area contributed by atoms with Crippen LogP contribution >= 0.6 is 23.2 Å². The molecule has 150 valence electrons. The standard InChI is InChI=1S/C18H26Cl2N4O3/c1-5-24(6-2)17(27)12-22(3)11-16(26)23(4)10-15(25)21-18-13(19)8-7-9-14(18)20/h7-9H,5-6,10-12H2,1-4H3,(H,21,25)/p+1. The first-order valence-electron chi connectivity index (χ1n) is 8.76. The van der Waals surface area contributed by atoms with Gasteiger partial charge in [-0.25, -0.2) is 0 Å². The van der Waals surface area contributed by atoms with E-state index in [4.69, 9.17) is 23.2 Å². The number of carbonyl (C=O) groups excluding carboxylic acids is 3. The third-order valence-electron chi connectivity index (χ3n) is 4.06. The zero-order valence-electron chi connectivity index (χ0n) is 16.1. The molecule has 0 heterocycles. The molecule has 1 aromatic carbocycles. The quantitative estimate of drug-likeness (QED) is 0.623. The average molecular weight is 418 g/mol. The molecule has 2 N–H and O–H groups in total. The summed E-state index contributed by atoms with van der Waals surface area (Å²) in [7, 11) is 3.31. The summed E-state index contributed by atoms with van der Waals surface area (Å²) in [4.78, 5) is 40.4. The third-order valence-corrected chi connectivity index (χ3v) is 4.69. The van der Waals surface area contributed by atoms with Gasteiger partial charge in [0.05, 0.1) is 29.3 Å². The van der Waals surface area contributed by atoms with Gasteiger partial charge in [0.25, 0.3) is 11.8 Å². The number of para-hydroxylation sites is 1. The zero-order valence-corrected chi connectivity index (χ0v) is 17.7. The molecule has 1 atom stereocenters. The van der Waals surface area contributed by atoms with Crippen molar-refractivity contribution in [2.45, 2.75) is 13.8 Å². The Kier molecular flexibility index (Phi) is 9.55. The van der Waals surface area contributed by atoms with Crippen molar-refractivity contribution in [3.8, 4) is 0 Å². The highest BCUT2D eigenvalue weighted by molar-refractivity contribution is 6.39. The van der Waals surface area contributed by atoms with Crippen LogP contribution in [0.1, 0.15) is 13.8 Å². The molecular weight excluding hydrogens is 391 g/mol. The molecule has 1 rings (SSSR count). The molecule has 0 spiro atoms. The third kappa shape index (κ3) is 7.36. The van der Waals surface area contributed by atoms with Crippen LogP contribution in [0.4, 0.5) is 5.69 Å². The Hall–Kier alpha value is -1.83. The molecule has 27 heavy (non-hydrogen) atoms. The minimum atomic E-state index is -0.405. The van der Waals surface area contributed by atoms with Gasteiger partial charge in [-0.05, 0) is 26.0 Å². The van der Waals surface area contributed by atoms with Crippen molar-refractivity contribution in [3.05, 3.63) is 28.2 Å². The Morgan fingerprint density at radius 1 is 1.04 bits per heavy atom. The van der Waals surface area contributed by atoms with Crippen LogP contribution in [0.3, 0.4) is 0 Å². The van der Waals surface area contributed by atoms with E-state index in [0.29, 0.717) is 28.8 Å². The van der Waals surface area contributed by atoms with Gasteiger partial charge in [0, 0.05) is 20.1 Å². The molecule has 0 saturated carbocycles. The Labute approximate surface area is 170 Å². The molecule has 9 heteroatoms. The molecule has 0 fully saturated rings. The molecule has 0 radical (unpaired) electrons. The SMILES string of the molecule is CCN(CC)C(=O)C[NH+](C)CC(=O)N(C)CC(=O)Nc1c(Cl)cccc1Cl. The number of likely N-dealkylation sites (N-methyl/N-ethyl adjacent to an activating group) is 3. The number of benzene rings is 1. The Morgan fingerprint density at radius 3 is 2.07 bits per heavy atom. The highest BCUT2D eigenvalue weighted by Gasteiger charge is 2.21. The molecular formula is C18H27Cl2N4O3+. The van der Waals surface area contributed by atoms with Gasteiger partial charge in [-0.2, -0.15) is 0 Å². The lowest BCUT2D eigenvalue weighted by atomic mass is 10.3. The van der Waals surface area contributed by atoms with Crippen LogP contribution in [0, 0.1) is 0 Å². The summed E-state index contributed by atoms with van der Waals surface area (Å²) in [6.45, 7) is 5.31. The first-order valence-corrected chi connectivity index (χ1v) is 9.52. The maximum Gasteiger partial charge on any atom is 0.277 e. The maximum atomic E-state index is 12.3. The number of nitrogens with one attached hydrogen (secondary N) is 2. The lowest BCUT2D eigenvalue weighted by Gasteiger charge is -2.22. The number of amides is 3. The van der Waals surface area contributed by atoms with Crippen LogP contribution < -0.4 is 10.2 Å². The second-order valence-electron chi connectivity index (χ2n) is 6.27. The van der Waals surface area contributed by atoms with Crippen LogP contribution in [-0.2, 0) is 14.4 Å². The van der Waals surface area contributed by atoms with Crippen molar-refractivity contribution < 1.29 is 19.3 Å². The molecule has 0 aliphatic heterocycles. The number of hydrogen-bond acceptors (Lipinski definition) is 3. The molecule has 0 aliphatic rings. The van der Waals surface area contributed by atoms with Crippen molar-refractivity contribution in [2.75, 3.05) is 52.1 Å². The predicted molar refractivity (Wildman–Crippen MR) is 107 cm³/mol. The lowest BCUT2D eigenvalue weighted by Crippen LogP contribution is -3.11. The van der Waals surface area contributed by atoms with Gasteiger partial charge in [0.15, 0.2) is 13.1 Å². The number of carbonyl (C=O) groups is 3. The average Bonchev–Trinajstić information content (AvgIpc) is 2.59. The van der Waals surface area contributed by atoms with E-state index < -0.39 is 5.91 Å². The fourth-order valence-corrected chi connectivity index (χ4v) is 2.99. The topological polar surface area (TPSA) is 74.2 Å². The van der Waals surface area contributed by atoms with Gasteiger partial charge in [-0.3, -0.25) is 14.4 Å². The first kappa shape index (κ1) is 23.2. The number of rotatable bonds is 9. The van der Waals surface area contributed by atoms with Gasteiger partial charge in [-0.15, -0.1) is 0 Å². The van der Waals surface area contributed by atoms with Crippen molar-refractivity contribution in [2.24, 2.45) is 0 Å². The van der Waals surface area contributed by atoms with Gasteiger partial charge in [-0.1, -0.05) is 29.3 Å². The number of nitrogens with zero attached hydrogens (tertiary/aromatic N) is 2. The Morgan fingerprint density at radius 2 is 1.56 bits per heavy atom. The van der Waals surface area contributed by atoms with Crippen molar-refractivity contribution in [3.63, 3.8) is 0 Å². The van der Waals surface area contributed by atoms with Crippen molar-refractivity contribution in [1.82, 2.24) is 9.80 Å². The summed E-state index contributed by atoms with van der Waals surface area (Å²) in [5, 5.41) is 3.26. The summed E-state index contributed by atoms with van der Waals surface area (Å²) in [5.41, 5.74) is 0.319. The minimum Gasteiger partial charge on any atom is -0.338 e. The maximum absolute atomic E-state index is 12.3. The van der Waals surface area contributed by atoms with E-state index in [1.807, 2.05) is 13.8 Å². The minimum absolute atomic E-state index is 0.000873. The van der Waals surface area contributed by atoms with Gasteiger partial charge >= 0.3 is 0 Å². The Bertz CT molecular complexity index is 660. The molecule has 0 aliphatic carbocycles. The van der Waals surface area contributed by atoms with E-state index in [9.17, 15) is 14.4 Å². The summed E-state index contributed by atoms with van der Waals surface area (Å²) in [6, 6.07) is 4.90. The van der Waals surface area contributed by atoms with Crippen molar-refractivity contribution in [1.29, 1.82) is 0 Å². The van der Waals surface area contributed by atoms with E-state index in [0.717, 1.165) is 4.90 Å². The number of anilines is 1. The smallest absolute Gasteiger partial charge is 0.277 e. The normalized spacial score (nSPS) is 11.6. The number of quaternary nitrogens is 1. The predicted octanol–water partition coefficient (Wildman–Crippen LogP) is 0.773. The van der Waals surface area contributed by atoms with Crippen LogP contribution in [0.15, 0.2) is 18.2 Å². The molecule has 3 amide bonds. The van der Waals surface area contributed by atoms with E-state index in [1.165, 1.54) is 11.9 Å². The molecule has 0 bridgehead atoms. The Balaban J connectivity index is 2.54. The van der Waals surface area contributed by atoms with Gasteiger partial charge in [0.2, 0.25) is 5.91 Å². The lowest BCUT2D eigenvalue weighted by molar-refractivity contribution is -0.863. The monoisotopic (exact) mass is 417 g/mol. The summed E-state index contributed by atoms with van der Waals surface area (Å²) < 4.78 is 0. The number of halogens is 2. The van der Waals surface area contributed by atoms with Crippen LogP contribution in [0.2, 0.25) is 10.0 Å². The van der Waals surface area contributed by atoms with E-state index in [1.54, 1.807) is 30.1 Å². The fraction of sp³-hybridized carbons (Fsp3) is 0.500. The number of hydrogen-bond donors (Lipinski definition) is 2. The van der Waals surface area contributed by atoms with Gasteiger partial charge < -0.3 is 20.0 Å². The second kappa shape index (κ2) is 11.1. The highest BCUT2D eigenvalue weighted by atomic mass is 35.5. The van der Waals surface area contributed by atoms with E-state index >= 15 is 0 Å². The molecule has 7 nitrogen and oxygen atoms in total. The second-order valence-corrected chi connectivity index (χ2v) is 7.09. The highest BCUT2D eigenvalue weighted by Crippen LogP contribution is 2.29. The van der Waals surface area contributed by atoms with Crippen LogP contribution in [0.5, 0.6) is 0 Å². The van der Waals surface area contributed by atoms with E-state index in [2.05, 4.69) is 5.32 Å². The summed E-state index contributed by atoms with van der Waals surface area (Å²) in [6.07, 6.45) is 0. The first-order chi connectivity index (χ1) is 12.7. The zero-order chi connectivity index (χ0) is 20.6. The molecule has 1 unspecified atom stereocenters. The fourth-order valence-electron chi connectivity index (χ4n) is 2.50. The molecule has 1 aromatic rings. The largest absolute Gasteiger partial charge is 0.338 e. The van der Waals surface area contributed by atoms with Gasteiger partial charge in [0.1, 0.15) is 0 Å². The summed E-state index contributed by atoms with van der Waals surface area (Å²) in [5.74, 6) is -0.642. The summed E-state index contributed by atoms with van der Waals surface area (Å²) >= 11 is 12.0. The van der Waals surface area contributed by atoms with Crippen LogP contribution in [0.25, 0.3) is 0 Å². The molecule has 0 aromatic heterocycles. The molecule has 0 saturated heterocycles. The van der Waals surface area contributed by atoms with Crippen LogP contribution in [-0.4, -0.2) is 74.3 Å².